The van der Waals surface area contributed by atoms with E-state index in [9.17, 15) is 0 Å². The lowest BCUT2D eigenvalue weighted by Gasteiger charge is -2.18. The molecule has 1 aliphatic rings. The Balaban J connectivity index is 1.99. The number of nitrogens with zero attached hydrogens (tertiary/aromatic N) is 3. The molecule has 2 aromatic rings. The van der Waals surface area contributed by atoms with Gasteiger partial charge >= 0.3 is 0 Å². The minimum Gasteiger partial charge on any atom is -0.330 e. The van der Waals surface area contributed by atoms with Crippen LogP contribution in [-0.2, 0) is 0 Å². The van der Waals surface area contributed by atoms with Crippen LogP contribution in [-0.4, -0.2) is 23.1 Å². The van der Waals surface area contributed by atoms with Crippen molar-refractivity contribution < 1.29 is 0 Å². The summed E-state index contributed by atoms with van der Waals surface area (Å²) in [5.41, 5.74) is 8.33. The van der Waals surface area contributed by atoms with Crippen LogP contribution in [0.4, 0.5) is 11.5 Å². The van der Waals surface area contributed by atoms with Gasteiger partial charge in [0, 0.05) is 24.3 Å². The molecular weight excluding hydrogens is 224 g/mol. The molecule has 2 N–H and O–H groups in total. The summed E-state index contributed by atoms with van der Waals surface area (Å²) >= 11 is 0. The molecule has 1 atom stereocenters. The SMILES string of the molecule is NCCC1CN(c2ccncn2)c2ccccc21. The van der Waals surface area contributed by atoms with E-state index in [0.29, 0.717) is 5.92 Å². The van der Waals surface area contributed by atoms with Crippen LogP contribution in [0, 0.1) is 0 Å². The number of benzene rings is 1. The molecule has 2 heterocycles. The average Bonchev–Trinajstić information content (AvgIpc) is 2.80. The minimum absolute atomic E-state index is 0.501. The maximum Gasteiger partial charge on any atom is 0.136 e. The highest BCUT2D eigenvalue weighted by Gasteiger charge is 2.28. The van der Waals surface area contributed by atoms with Crippen molar-refractivity contribution >= 4 is 11.5 Å². The van der Waals surface area contributed by atoms with Crippen LogP contribution >= 0.6 is 0 Å². The third kappa shape index (κ3) is 1.84. The Kier molecular flexibility index (Phi) is 2.94. The zero-order chi connectivity index (χ0) is 12.4. The molecule has 0 aliphatic carbocycles. The maximum atomic E-state index is 5.71. The molecule has 0 fully saturated rings. The zero-order valence-corrected chi connectivity index (χ0v) is 10.2. The molecule has 1 aromatic carbocycles. The van der Waals surface area contributed by atoms with Crippen LogP contribution < -0.4 is 10.6 Å². The number of para-hydroxylation sites is 1. The Morgan fingerprint density at radius 2 is 2.17 bits per heavy atom. The maximum absolute atomic E-state index is 5.71. The Morgan fingerprint density at radius 1 is 1.28 bits per heavy atom. The van der Waals surface area contributed by atoms with Crippen LogP contribution in [0.2, 0.25) is 0 Å². The molecule has 0 bridgehead atoms. The summed E-state index contributed by atoms with van der Waals surface area (Å²) < 4.78 is 0. The van der Waals surface area contributed by atoms with Gasteiger partial charge in [0.2, 0.25) is 0 Å². The molecule has 92 valence electrons. The monoisotopic (exact) mass is 240 g/mol. The van der Waals surface area contributed by atoms with Gasteiger partial charge in [-0.3, -0.25) is 0 Å². The van der Waals surface area contributed by atoms with Gasteiger partial charge in [0.15, 0.2) is 0 Å². The first-order chi connectivity index (χ1) is 8.90. The lowest BCUT2D eigenvalue weighted by atomic mass is 9.98. The van der Waals surface area contributed by atoms with Crippen molar-refractivity contribution in [3.63, 3.8) is 0 Å². The highest BCUT2D eigenvalue weighted by Crippen LogP contribution is 2.40. The highest BCUT2D eigenvalue weighted by molar-refractivity contribution is 5.68. The van der Waals surface area contributed by atoms with Crippen molar-refractivity contribution in [3.8, 4) is 0 Å². The summed E-state index contributed by atoms with van der Waals surface area (Å²) in [6.45, 7) is 1.67. The number of hydrogen-bond donors (Lipinski definition) is 1. The molecule has 4 heteroatoms. The number of nitrogens with two attached hydrogens (primary N) is 1. The summed E-state index contributed by atoms with van der Waals surface area (Å²) in [5.74, 6) is 1.46. The van der Waals surface area contributed by atoms with E-state index in [1.165, 1.54) is 11.3 Å². The molecule has 4 nitrogen and oxygen atoms in total. The smallest absolute Gasteiger partial charge is 0.136 e. The summed E-state index contributed by atoms with van der Waals surface area (Å²) in [6.07, 6.45) is 4.38. The molecule has 1 aromatic heterocycles. The van der Waals surface area contributed by atoms with Gasteiger partial charge in [0.1, 0.15) is 12.1 Å². The second kappa shape index (κ2) is 4.74. The van der Waals surface area contributed by atoms with E-state index in [0.717, 1.165) is 25.3 Å². The van der Waals surface area contributed by atoms with Gasteiger partial charge < -0.3 is 10.6 Å². The number of fused-ring (bicyclic) bond motifs is 1. The quantitative estimate of drug-likeness (QED) is 0.892. The first-order valence-corrected chi connectivity index (χ1v) is 6.22. The van der Waals surface area contributed by atoms with E-state index in [-0.39, 0.29) is 0 Å². The molecule has 0 spiro atoms. The van der Waals surface area contributed by atoms with Crippen LogP contribution in [0.25, 0.3) is 0 Å². The van der Waals surface area contributed by atoms with Crippen LogP contribution in [0.15, 0.2) is 42.9 Å². The Labute approximate surface area is 106 Å². The Morgan fingerprint density at radius 3 is 2.94 bits per heavy atom. The predicted molar refractivity (Wildman–Crippen MR) is 71.9 cm³/mol. The molecule has 0 amide bonds. The summed E-state index contributed by atoms with van der Waals surface area (Å²) in [4.78, 5) is 10.6. The second-order valence-electron chi connectivity index (χ2n) is 4.51. The lowest BCUT2D eigenvalue weighted by Crippen LogP contribution is -2.18. The van der Waals surface area contributed by atoms with Crippen LogP contribution in [0.5, 0.6) is 0 Å². The summed E-state index contributed by atoms with van der Waals surface area (Å²) in [5, 5.41) is 0. The topological polar surface area (TPSA) is 55.0 Å². The van der Waals surface area contributed by atoms with E-state index in [4.69, 9.17) is 5.73 Å². The first kappa shape index (κ1) is 11.2. The summed E-state index contributed by atoms with van der Waals surface area (Å²) in [7, 11) is 0. The first-order valence-electron chi connectivity index (χ1n) is 6.22. The van der Waals surface area contributed by atoms with Crippen LogP contribution in [0.3, 0.4) is 0 Å². The van der Waals surface area contributed by atoms with Crippen molar-refractivity contribution in [2.75, 3.05) is 18.0 Å². The van der Waals surface area contributed by atoms with Gasteiger partial charge in [-0.15, -0.1) is 0 Å². The number of aromatic nitrogens is 2. The van der Waals surface area contributed by atoms with Gasteiger partial charge in [-0.25, -0.2) is 9.97 Å². The van der Waals surface area contributed by atoms with Crippen molar-refractivity contribution in [2.24, 2.45) is 5.73 Å². The molecular formula is C14H16N4. The van der Waals surface area contributed by atoms with E-state index in [1.807, 2.05) is 6.07 Å². The Hall–Kier alpha value is -1.94. The molecule has 0 saturated carbocycles. The van der Waals surface area contributed by atoms with Gasteiger partial charge in [-0.1, -0.05) is 18.2 Å². The number of anilines is 2. The van der Waals surface area contributed by atoms with Gasteiger partial charge in [0.05, 0.1) is 0 Å². The van der Waals surface area contributed by atoms with Crippen molar-refractivity contribution in [2.45, 2.75) is 12.3 Å². The van der Waals surface area contributed by atoms with Crippen LogP contribution in [0.1, 0.15) is 17.9 Å². The van der Waals surface area contributed by atoms with Gasteiger partial charge in [-0.05, 0) is 30.7 Å². The minimum atomic E-state index is 0.501. The second-order valence-corrected chi connectivity index (χ2v) is 4.51. The fraction of sp³-hybridized carbons (Fsp3) is 0.286. The summed E-state index contributed by atoms with van der Waals surface area (Å²) in [6, 6.07) is 10.4. The van der Waals surface area contributed by atoms with Gasteiger partial charge in [-0.2, -0.15) is 0 Å². The fourth-order valence-corrected chi connectivity index (χ4v) is 2.60. The molecule has 1 unspecified atom stereocenters. The average molecular weight is 240 g/mol. The normalized spacial score (nSPS) is 17.8. The van der Waals surface area contributed by atoms with Crippen molar-refractivity contribution in [1.82, 2.24) is 9.97 Å². The third-order valence-electron chi connectivity index (χ3n) is 3.43. The highest BCUT2D eigenvalue weighted by atomic mass is 15.2. The number of hydrogen-bond acceptors (Lipinski definition) is 4. The third-order valence-corrected chi connectivity index (χ3v) is 3.43. The molecule has 3 rings (SSSR count). The molecule has 1 aliphatic heterocycles. The predicted octanol–water partition coefficient (Wildman–Crippen LogP) is 2.06. The van der Waals surface area contributed by atoms with Crippen molar-refractivity contribution in [1.29, 1.82) is 0 Å². The van der Waals surface area contributed by atoms with Gasteiger partial charge in [0.25, 0.3) is 0 Å². The zero-order valence-electron chi connectivity index (χ0n) is 10.2. The lowest BCUT2D eigenvalue weighted by molar-refractivity contribution is 0.667. The van der Waals surface area contributed by atoms with E-state index in [1.54, 1.807) is 12.5 Å². The molecule has 0 saturated heterocycles. The molecule has 18 heavy (non-hydrogen) atoms. The molecule has 0 radical (unpaired) electrons. The Bertz CT molecular complexity index is 526. The van der Waals surface area contributed by atoms with E-state index >= 15 is 0 Å². The van der Waals surface area contributed by atoms with E-state index < -0.39 is 0 Å². The van der Waals surface area contributed by atoms with E-state index in [2.05, 4.69) is 39.1 Å². The number of rotatable bonds is 3. The largest absolute Gasteiger partial charge is 0.330 e. The van der Waals surface area contributed by atoms with Crippen molar-refractivity contribution in [3.05, 3.63) is 48.4 Å². The standard InChI is InChI=1S/C14H16N4/c15-7-5-11-9-18(14-6-8-16-10-17-14)13-4-2-1-3-12(11)13/h1-4,6,8,10-11H,5,7,9,15H2. The fourth-order valence-electron chi connectivity index (χ4n) is 2.60.